The molecule has 1 N–H and O–H groups in total. The Hall–Kier alpha value is -2.87. The zero-order valence-corrected chi connectivity index (χ0v) is 15.6. The molecule has 9 heteroatoms. The Morgan fingerprint density at radius 2 is 1.81 bits per heavy atom. The summed E-state index contributed by atoms with van der Waals surface area (Å²) >= 11 is 6.05. The van der Waals surface area contributed by atoms with E-state index in [1.807, 2.05) is 4.90 Å². The summed E-state index contributed by atoms with van der Waals surface area (Å²) in [7, 11) is 0. The number of rotatable bonds is 4. The van der Waals surface area contributed by atoms with E-state index >= 15 is 0 Å². The summed E-state index contributed by atoms with van der Waals surface area (Å²) in [6, 6.07) is 7.00. The topological polar surface area (TPSA) is 87.7 Å². The zero-order valence-electron chi connectivity index (χ0n) is 14.9. The molecule has 0 aliphatic carbocycles. The van der Waals surface area contributed by atoms with Gasteiger partial charge in [0, 0.05) is 38.6 Å². The normalized spacial score (nSPS) is 14.0. The summed E-state index contributed by atoms with van der Waals surface area (Å²) in [5, 5.41) is 3.19. The molecular weight excluding hydrogens is 370 g/mol. The fraction of sp³-hybridized carbons (Fsp3) is 0.333. The van der Waals surface area contributed by atoms with E-state index in [4.69, 9.17) is 16.3 Å². The SMILES string of the molecule is CCOC(=O)N1CCN(c2ncc(C(=O)Nc3ccccc3Cl)cn2)CC1. The van der Waals surface area contributed by atoms with Crippen LogP contribution in [0.1, 0.15) is 17.3 Å². The molecule has 27 heavy (non-hydrogen) atoms. The number of carbonyl (C=O) groups excluding carboxylic acids is 2. The van der Waals surface area contributed by atoms with Crippen LogP contribution in [0.3, 0.4) is 0 Å². The number of amides is 2. The molecule has 2 amide bonds. The number of halogens is 1. The molecule has 1 aromatic carbocycles. The second-order valence-corrected chi connectivity index (χ2v) is 6.29. The van der Waals surface area contributed by atoms with E-state index in [-0.39, 0.29) is 12.0 Å². The fourth-order valence-corrected chi connectivity index (χ4v) is 2.85. The summed E-state index contributed by atoms with van der Waals surface area (Å²) in [6.07, 6.45) is 2.66. The van der Waals surface area contributed by atoms with Crippen LogP contribution in [-0.4, -0.2) is 59.7 Å². The van der Waals surface area contributed by atoms with E-state index in [0.29, 0.717) is 55.0 Å². The number of nitrogens with one attached hydrogen (secondary N) is 1. The Kier molecular flexibility index (Phi) is 6.08. The van der Waals surface area contributed by atoms with E-state index in [2.05, 4.69) is 15.3 Å². The lowest BCUT2D eigenvalue weighted by Gasteiger charge is -2.33. The number of carbonyl (C=O) groups is 2. The van der Waals surface area contributed by atoms with Crippen molar-refractivity contribution in [1.29, 1.82) is 0 Å². The summed E-state index contributed by atoms with van der Waals surface area (Å²) in [5.41, 5.74) is 0.868. The van der Waals surface area contributed by atoms with E-state index < -0.39 is 0 Å². The molecule has 142 valence electrons. The number of benzene rings is 1. The van der Waals surface area contributed by atoms with Crippen LogP contribution in [0.4, 0.5) is 16.4 Å². The zero-order chi connectivity index (χ0) is 19.2. The molecule has 8 nitrogen and oxygen atoms in total. The largest absolute Gasteiger partial charge is 0.450 e. The van der Waals surface area contributed by atoms with Gasteiger partial charge in [-0.1, -0.05) is 23.7 Å². The van der Waals surface area contributed by atoms with E-state index in [1.165, 1.54) is 12.4 Å². The quantitative estimate of drug-likeness (QED) is 0.864. The van der Waals surface area contributed by atoms with Gasteiger partial charge < -0.3 is 19.9 Å². The first-order chi connectivity index (χ1) is 13.1. The summed E-state index contributed by atoms with van der Waals surface area (Å²) in [5.74, 6) is 0.189. The molecule has 2 heterocycles. The number of piperazine rings is 1. The lowest BCUT2D eigenvalue weighted by atomic mass is 10.2. The van der Waals surface area contributed by atoms with Gasteiger partial charge in [0.15, 0.2) is 0 Å². The maximum atomic E-state index is 12.3. The lowest BCUT2D eigenvalue weighted by molar-refractivity contribution is 0.102. The van der Waals surface area contributed by atoms with Crippen molar-refractivity contribution in [3.8, 4) is 0 Å². The number of anilines is 2. The average Bonchev–Trinajstić information content (AvgIpc) is 2.70. The first-order valence-electron chi connectivity index (χ1n) is 8.63. The van der Waals surface area contributed by atoms with Crippen LogP contribution in [0.15, 0.2) is 36.7 Å². The molecule has 0 saturated carbocycles. The smallest absolute Gasteiger partial charge is 0.409 e. The Labute approximate surface area is 162 Å². The number of hydrogen-bond acceptors (Lipinski definition) is 6. The maximum absolute atomic E-state index is 12.3. The highest BCUT2D eigenvalue weighted by molar-refractivity contribution is 6.33. The highest BCUT2D eigenvalue weighted by Gasteiger charge is 2.23. The number of hydrogen-bond donors (Lipinski definition) is 1. The standard InChI is InChI=1S/C18H20ClN5O3/c1-2-27-18(26)24-9-7-23(8-10-24)17-20-11-13(12-21-17)16(25)22-15-6-4-3-5-14(15)19/h3-6,11-12H,2,7-10H2,1H3,(H,22,25). The molecule has 0 radical (unpaired) electrons. The minimum atomic E-state index is -0.332. The van der Waals surface area contributed by atoms with Crippen molar-refractivity contribution in [2.75, 3.05) is 43.0 Å². The van der Waals surface area contributed by atoms with Crippen LogP contribution in [-0.2, 0) is 4.74 Å². The van der Waals surface area contributed by atoms with E-state index in [0.717, 1.165) is 0 Å². The third-order valence-electron chi connectivity index (χ3n) is 4.11. The van der Waals surface area contributed by atoms with Gasteiger partial charge in [0.25, 0.3) is 5.91 Å². The maximum Gasteiger partial charge on any atom is 0.409 e. The molecule has 1 aromatic heterocycles. The average molecular weight is 390 g/mol. The second-order valence-electron chi connectivity index (χ2n) is 5.88. The van der Waals surface area contributed by atoms with Gasteiger partial charge in [-0.15, -0.1) is 0 Å². The molecule has 0 bridgehead atoms. The predicted molar refractivity (Wildman–Crippen MR) is 102 cm³/mol. The fourth-order valence-electron chi connectivity index (χ4n) is 2.66. The third kappa shape index (κ3) is 4.65. The van der Waals surface area contributed by atoms with Crippen LogP contribution >= 0.6 is 11.6 Å². The monoisotopic (exact) mass is 389 g/mol. The highest BCUT2D eigenvalue weighted by Crippen LogP contribution is 2.21. The number of para-hydroxylation sites is 1. The Morgan fingerprint density at radius 3 is 2.44 bits per heavy atom. The van der Waals surface area contributed by atoms with Gasteiger partial charge in [0.2, 0.25) is 5.95 Å². The van der Waals surface area contributed by atoms with Gasteiger partial charge in [0.1, 0.15) is 0 Å². The number of ether oxygens (including phenoxy) is 1. The van der Waals surface area contributed by atoms with Crippen molar-refractivity contribution in [3.63, 3.8) is 0 Å². The van der Waals surface area contributed by atoms with Gasteiger partial charge in [-0.2, -0.15) is 0 Å². The van der Waals surface area contributed by atoms with Crippen LogP contribution in [0.2, 0.25) is 5.02 Å². The van der Waals surface area contributed by atoms with E-state index in [9.17, 15) is 9.59 Å². The van der Waals surface area contributed by atoms with Crippen molar-refractivity contribution in [2.24, 2.45) is 0 Å². The summed E-state index contributed by atoms with van der Waals surface area (Å²) < 4.78 is 5.00. The molecular formula is C18H20ClN5O3. The lowest BCUT2D eigenvalue weighted by Crippen LogP contribution is -2.49. The molecule has 0 spiro atoms. The molecule has 1 aliphatic rings. The molecule has 3 rings (SSSR count). The first-order valence-corrected chi connectivity index (χ1v) is 9.01. The minimum absolute atomic E-state index is 0.301. The molecule has 1 aliphatic heterocycles. The molecule has 0 atom stereocenters. The van der Waals surface area contributed by atoms with Crippen molar-refractivity contribution >= 4 is 35.2 Å². The van der Waals surface area contributed by atoms with Crippen LogP contribution in [0.5, 0.6) is 0 Å². The summed E-state index contributed by atoms with van der Waals surface area (Å²) in [6.45, 7) is 4.42. The van der Waals surface area contributed by atoms with Crippen LogP contribution < -0.4 is 10.2 Å². The van der Waals surface area contributed by atoms with Gasteiger partial charge in [0.05, 0.1) is 22.9 Å². The molecule has 0 unspecified atom stereocenters. The Balaban J connectivity index is 1.58. The van der Waals surface area contributed by atoms with Crippen LogP contribution in [0.25, 0.3) is 0 Å². The van der Waals surface area contributed by atoms with Crippen molar-refractivity contribution in [3.05, 3.63) is 47.2 Å². The van der Waals surface area contributed by atoms with Crippen LogP contribution in [0, 0.1) is 0 Å². The molecule has 1 fully saturated rings. The minimum Gasteiger partial charge on any atom is -0.450 e. The van der Waals surface area contributed by atoms with Crippen molar-refractivity contribution < 1.29 is 14.3 Å². The number of aromatic nitrogens is 2. The van der Waals surface area contributed by atoms with E-state index in [1.54, 1.807) is 36.1 Å². The molecule has 2 aromatic rings. The van der Waals surface area contributed by atoms with Gasteiger partial charge in [-0.25, -0.2) is 14.8 Å². The third-order valence-corrected chi connectivity index (χ3v) is 4.44. The van der Waals surface area contributed by atoms with Gasteiger partial charge in [-0.05, 0) is 19.1 Å². The second kappa shape index (κ2) is 8.68. The summed E-state index contributed by atoms with van der Waals surface area (Å²) in [4.78, 5) is 36.2. The van der Waals surface area contributed by atoms with Crippen molar-refractivity contribution in [1.82, 2.24) is 14.9 Å². The van der Waals surface area contributed by atoms with Gasteiger partial charge in [-0.3, -0.25) is 4.79 Å². The van der Waals surface area contributed by atoms with Crippen molar-refractivity contribution in [2.45, 2.75) is 6.92 Å². The highest BCUT2D eigenvalue weighted by atomic mass is 35.5. The Bertz CT molecular complexity index is 807. The predicted octanol–water partition coefficient (Wildman–Crippen LogP) is 2.66. The molecule has 1 saturated heterocycles. The first kappa shape index (κ1) is 18.9. The van der Waals surface area contributed by atoms with Gasteiger partial charge >= 0.3 is 6.09 Å². The Morgan fingerprint density at radius 1 is 1.15 bits per heavy atom. The number of nitrogens with zero attached hydrogens (tertiary/aromatic N) is 4.